The maximum absolute atomic E-state index is 12.4. The molecule has 4 rings (SSSR count). The zero-order valence-electron chi connectivity index (χ0n) is 25.4. The summed E-state index contributed by atoms with van der Waals surface area (Å²) in [6, 6.07) is 25.0. The Bertz CT molecular complexity index is 1580. The van der Waals surface area contributed by atoms with Crippen LogP contribution in [0.4, 0.5) is 0 Å². The number of hydrogen-bond donors (Lipinski definition) is 1. The van der Waals surface area contributed by atoms with Gasteiger partial charge < -0.3 is 24.1 Å². The van der Waals surface area contributed by atoms with Gasteiger partial charge in [-0.05, 0) is 76.2 Å². The Morgan fingerprint density at radius 1 is 0.727 bits per heavy atom. The molecule has 0 bridgehead atoms. The van der Waals surface area contributed by atoms with E-state index in [1.54, 1.807) is 107 Å². The van der Waals surface area contributed by atoms with Gasteiger partial charge in [0.1, 0.15) is 28.6 Å². The molecule has 8 nitrogen and oxygen atoms in total. The quantitative estimate of drug-likeness (QED) is 0.145. The van der Waals surface area contributed by atoms with Gasteiger partial charge in [0.25, 0.3) is 0 Å². The lowest BCUT2D eigenvalue weighted by molar-refractivity contribution is -0.163. The van der Waals surface area contributed by atoms with E-state index in [0.29, 0.717) is 33.2 Å². The fraction of sp³-hybridized carbons (Fsp3) is 0.229. The second kappa shape index (κ2) is 15.1. The number of ketones is 2. The first-order valence-electron chi connectivity index (χ1n) is 13.7. The molecule has 9 heteroatoms. The van der Waals surface area contributed by atoms with Crippen molar-refractivity contribution in [3.05, 3.63) is 118 Å². The van der Waals surface area contributed by atoms with Gasteiger partial charge in [-0.1, -0.05) is 41.9 Å². The second-order valence-electron chi connectivity index (χ2n) is 10.3. The monoisotopic (exact) mass is 618 g/mol. The summed E-state index contributed by atoms with van der Waals surface area (Å²) in [5.41, 5.74) is 0.582. The molecule has 4 aromatic carbocycles. The molecule has 0 atom stereocenters. The number of rotatable bonds is 10. The Morgan fingerprint density at radius 2 is 1.27 bits per heavy atom. The van der Waals surface area contributed by atoms with Crippen molar-refractivity contribution in [1.29, 1.82) is 0 Å². The predicted molar refractivity (Wildman–Crippen MR) is 168 cm³/mol. The van der Waals surface area contributed by atoms with Crippen LogP contribution in [0.5, 0.6) is 23.0 Å². The summed E-state index contributed by atoms with van der Waals surface area (Å²) in [6.45, 7) is 6.85. The van der Waals surface area contributed by atoms with E-state index < -0.39 is 11.6 Å². The van der Waals surface area contributed by atoms with Gasteiger partial charge >= 0.3 is 5.97 Å². The summed E-state index contributed by atoms with van der Waals surface area (Å²) in [7, 11) is 2.92. The molecule has 0 aliphatic rings. The number of phenols is 1. The number of methoxy groups -OCH3 is 2. The minimum absolute atomic E-state index is 0.110. The molecule has 0 fully saturated rings. The summed E-state index contributed by atoms with van der Waals surface area (Å²) in [5, 5.41) is 10.6. The first-order chi connectivity index (χ1) is 20.9. The maximum Gasteiger partial charge on any atom is 0.350 e. The van der Waals surface area contributed by atoms with Crippen molar-refractivity contribution < 1.29 is 38.4 Å². The van der Waals surface area contributed by atoms with E-state index in [-0.39, 0.29) is 34.7 Å². The van der Waals surface area contributed by atoms with Gasteiger partial charge in [0.05, 0.1) is 20.3 Å². The largest absolute Gasteiger partial charge is 0.507 e. The van der Waals surface area contributed by atoms with Crippen LogP contribution < -0.4 is 14.2 Å². The van der Waals surface area contributed by atoms with Crippen LogP contribution in [0.3, 0.4) is 0 Å². The number of ether oxygens (including phenoxy) is 4. The molecule has 0 unspecified atom stereocenters. The summed E-state index contributed by atoms with van der Waals surface area (Å²) in [6.07, 6.45) is -0.213. The van der Waals surface area contributed by atoms with Crippen molar-refractivity contribution in [3.8, 4) is 23.0 Å². The lowest BCUT2D eigenvalue weighted by atomic mass is 10.0. The number of benzene rings is 4. The second-order valence-corrected chi connectivity index (χ2v) is 10.8. The number of carbonyl (C=O) groups is 3. The van der Waals surface area contributed by atoms with Crippen molar-refractivity contribution in [2.75, 3.05) is 14.2 Å². The maximum atomic E-state index is 12.4. The number of aromatic hydroxyl groups is 1. The van der Waals surface area contributed by atoms with Crippen LogP contribution in [-0.4, -0.2) is 48.6 Å². The third-order valence-corrected chi connectivity index (χ3v) is 6.46. The molecule has 1 N–H and O–H groups in total. The Labute approximate surface area is 262 Å². The lowest BCUT2D eigenvalue weighted by Crippen LogP contribution is -2.40. The van der Waals surface area contributed by atoms with Crippen molar-refractivity contribution in [2.24, 2.45) is 0 Å². The van der Waals surface area contributed by atoms with E-state index in [9.17, 15) is 19.5 Å². The van der Waals surface area contributed by atoms with Crippen LogP contribution in [0.25, 0.3) is 0 Å². The average Bonchev–Trinajstić information content (AvgIpc) is 3.01. The normalized spacial score (nSPS) is 10.7. The first kappa shape index (κ1) is 33.7. The minimum Gasteiger partial charge on any atom is -0.507 e. The highest BCUT2D eigenvalue weighted by Gasteiger charge is 2.32. The summed E-state index contributed by atoms with van der Waals surface area (Å²) in [5.74, 6) is 0.191. The molecular weight excluding hydrogens is 584 g/mol. The Kier molecular flexibility index (Phi) is 11.5. The Morgan fingerprint density at radius 3 is 1.80 bits per heavy atom. The van der Waals surface area contributed by atoms with Gasteiger partial charge in [-0.3, -0.25) is 9.59 Å². The third-order valence-electron chi connectivity index (χ3n) is 6.20. The molecule has 0 aliphatic carbocycles. The van der Waals surface area contributed by atoms with E-state index >= 15 is 0 Å². The zero-order valence-corrected chi connectivity index (χ0v) is 26.2. The van der Waals surface area contributed by atoms with Gasteiger partial charge in [0.15, 0.2) is 11.4 Å². The van der Waals surface area contributed by atoms with Gasteiger partial charge in [-0.15, -0.1) is 0 Å². The highest BCUT2D eigenvalue weighted by Crippen LogP contribution is 2.34. The van der Waals surface area contributed by atoms with E-state index in [2.05, 4.69) is 0 Å². The number of carbonyl (C=O) groups excluding carboxylic acids is 3. The average molecular weight is 619 g/mol. The van der Waals surface area contributed by atoms with Gasteiger partial charge in [0, 0.05) is 33.8 Å². The van der Waals surface area contributed by atoms with Gasteiger partial charge in [0.2, 0.25) is 5.78 Å². The van der Waals surface area contributed by atoms with Gasteiger partial charge in [-0.2, -0.15) is 0 Å². The lowest BCUT2D eigenvalue weighted by Gasteiger charge is -2.25. The molecule has 0 saturated carbocycles. The van der Waals surface area contributed by atoms with Crippen LogP contribution in [0, 0.1) is 0 Å². The van der Waals surface area contributed by atoms with Crippen LogP contribution >= 0.6 is 11.6 Å². The molecule has 44 heavy (non-hydrogen) atoms. The van der Waals surface area contributed by atoms with Crippen molar-refractivity contribution in [3.63, 3.8) is 0 Å². The van der Waals surface area contributed by atoms with Gasteiger partial charge in [-0.25, -0.2) is 4.79 Å². The first-order valence-corrected chi connectivity index (χ1v) is 14.1. The molecular formula is C35H35ClO8. The standard InChI is InChI=1S/C20H21ClO4.C15H14O4/c1-13(2)24-19(23)20(3,4)25-17-11-7-15(8-12-17)18(22)14-5-9-16(21)10-6-14;1-18-11-8-12(16)14(13(9-11)19-2)15(17)10-6-4-3-5-7-10/h5-13H,1-4H3;3-9,16H,1-2H3. The SMILES string of the molecule is CC(C)OC(=O)C(C)(C)Oc1ccc(C(=O)c2ccc(Cl)cc2)cc1.COc1cc(O)c(C(=O)c2ccccc2)c(OC)c1. The van der Waals surface area contributed by atoms with E-state index in [4.69, 9.17) is 30.5 Å². The summed E-state index contributed by atoms with van der Waals surface area (Å²) < 4.78 is 21.1. The Hall–Kier alpha value is -4.82. The number of halogens is 1. The van der Waals surface area contributed by atoms with Crippen molar-refractivity contribution >= 4 is 29.1 Å². The van der Waals surface area contributed by atoms with E-state index in [1.165, 1.54) is 20.3 Å². The molecule has 0 saturated heterocycles. The smallest absolute Gasteiger partial charge is 0.350 e. The summed E-state index contributed by atoms with van der Waals surface area (Å²) >= 11 is 5.84. The van der Waals surface area contributed by atoms with Crippen LogP contribution in [0.1, 0.15) is 59.5 Å². The molecule has 0 amide bonds. The minimum atomic E-state index is -1.12. The van der Waals surface area contributed by atoms with Crippen LogP contribution in [0.15, 0.2) is 91.0 Å². The number of hydrogen-bond acceptors (Lipinski definition) is 8. The molecule has 230 valence electrons. The molecule has 4 aromatic rings. The molecule has 0 radical (unpaired) electrons. The van der Waals surface area contributed by atoms with E-state index in [0.717, 1.165) is 0 Å². The molecule has 0 aliphatic heterocycles. The molecule has 0 aromatic heterocycles. The Balaban J connectivity index is 0.000000249. The fourth-order valence-electron chi connectivity index (χ4n) is 3.95. The van der Waals surface area contributed by atoms with Crippen molar-refractivity contribution in [1.82, 2.24) is 0 Å². The number of esters is 1. The van der Waals surface area contributed by atoms with Crippen LogP contribution in [0.2, 0.25) is 5.02 Å². The van der Waals surface area contributed by atoms with Crippen molar-refractivity contribution in [2.45, 2.75) is 39.4 Å². The predicted octanol–water partition coefficient (Wildman–Crippen LogP) is 7.32. The third kappa shape index (κ3) is 8.84. The summed E-state index contributed by atoms with van der Waals surface area (Å²) in [4.78, 5) is 36.8. The topological polar surface area (TPSA) is 108 Å². The van der Waals surface area contributed by atoms with Crippen LogP contribution in [-0.2, 0) is 9.53 Å². The molecule has 0 heterocycles. The highest BCUT2D eigenvalue weighted by molar-refractivity contribution is 6.30. The number of phenolic OH excluding ortho intramolecular Hbond substituents is 1. The highest BCUT2D eigenvalue weighted by atomic mass is 35.5. The zero-order chi connectivity index (χ0) is 32.4. The van der Waals surface area contributed by atoms with E-state index in [1.807, 2.05) is 6.07 Å². The fourth-order valence-corrected chi connectivity index (χ4v) is 4.08. The molecule has 0 spiro atoms.